The Morgan fingerprint density at radius 3 is 2.11 bits per heavy atom. The summed E-state index contributed by atoms with van der Waals surface area (Å²) in [5.41, 5.74) is 6.23. The van der Waals surface area contributed by atoms with Crippen molar-refractivity contribution in [2.45, 2.75) is 19.3 Å². The highest BCUT2D eigenvalue weighted by molar-refractivity contribution is 5.93. The first-order chi connectivity index (χ1) is 18.6. The highest BCUT2D eigenvalue weighted by atomic mass is 16.5. The van der Waals surface area contributed by atoms with Crippen LogP contribution >= 0.6 is 0 Å². The lowest BCUT2D eigenvalue weighted by molar-refractivity contribution is 0.457. The van der Waals surface area contributed by atoms with Gasteiger partial charge in [-0.15, -0.1) is 0 Å². The van der Waals surface area contributed by atoms with Crippen LogP contribution in [0.5, 0.6) is 23.0 Å². The van der Waals surface area contributed by atoms with Gasteiger partial charge in [0.05, 0.1) is 0 Å². The molecule has 38 heavy (non-hydrogen) atoms. The Morgan fingerprint density at radius 1 is 0.553 bits per heavy atom. The average Bonchev–Trinajstić information content (AvgIpc) is 2.95. The summed E-state index contributed by atoms with van der Waals surface area (Å²) in [7, 11) is 0. The molecule has 2 N–H and O–H groups in total. The van der Waals surface area contributed by atoms with Crippen molar-refractivity contribution in [2.24, 2.45) is 0 Å². The lowest BCUT2D eigenvalue weighted by Crippen LogP contribution is -2.08. The number of benzene rings is 6. The number of aromatic hydroxyl groups is 2. The molecular formula is C35H26O3. The quantitative estimate of drug-likeness (QED) is 0.259. The van der Waals surface area contributed by atoms with E-state index in [0.717, 1.165) is 40.2 Å². The van der Waals surface area contributed by atoms with Gasteiger partial charge < -0.3 is 14.9 Å². The second-order valence-corrected chi connectivity index (χ2v) is 10.1. The van der Waals surface area contributed by atoms with Crippen LogP contribution in [0.15, 0.2) is 109 Å². The number of hydrogen-bond donors (Lipinski definition) is 2. The smallest absolute Gasteiger partial charge is 0.135 e. The molecule has 0 bridgehead atoms. The lowest BCUT2D eigenvalue weighted by atomic mass is 9.88. The molecule has 7 rings (SSSR count). The van der Waals surface area contributed by atoms with E-state index in [2.05, 4.69) is 66.7 Å². The van der Waals surface area contributed by atoms with E-state index in [9.17, 15) is 10.2 Å². The van der Waals surface area contributed by atoms with E-state index in [0.29, 0.717) is 12.8 Å². The summed E-state index contributed by atoms with van der Waals surface area (Å²) in [6.45, 7) is 0. The van der Waals surface area contributed by atoms with Crippen LogP contribution in [-0.2, 0) is 19.3 Å². The van der Waals surface area contributed by atoms with E-state index < -0.39 is 0 Å². The number of hydrogen-bond acceptors (Lipinski definition) is 3. The highest BCUT2D eigenvalue weighted by Crippen LogP contribution is 2.45. The fourth-order valence-electron chi connectivity index (χ4n) is 5.76. The minimum absolute atomic E-state index is 0.231. The molecule has 0 aromatic heterocycles. The number of rotatable bonds is 4. The van der Waals surface area contributed by atoms with Crippen LogP contribution in [0.4, 0.5) is 0 Å². The molecule has 1 aliphatic heterocycles. The Kier molecular flexibility index (Phi) is 5.29. The molecule has 3 nitrogen and oxygen atoms in total. The number of phenols is 2. The topological polar surface area (TPSA) is 49.7 Å². The van der Waals surface area contributed by atoms with Crippen molar-refractivity contribution in [1.82, 2.24) is 0 Å². The molecule has 0 aliphatic carbocycles. The van der Waals surface area contributed by atoms with Crippen LogP contribution in [0.2, 0.25) is 0 Å². The van der Waals surface area contributed by atoms with Gasteiger partial charge in [-0.25, -0.2) is 0 Å². The predicted molar refractivity (Wildman–Crippen MR) is 153 cm³/mol. The van der Waals surface area contributed by atoms with Crippen molar-refractivity contribution in [3.8, 4) is 23.0 Å². The van der Waals surface area contributed by atoms with Crippen LogP contribution in [0.1, 0.15) is 33.4 Å². The maximum atomic E-state index is 10.6. The molecule has 0 atom stereocenters. The van der Waals surface area contributed by atoms with E-state index in [-0.39, 0.29) is 11.5 Å². The van der Waals surface area contributed by atoms with Crippen molar-refractivity contribution in [2.75, 3.05) is 0 Å². The largest absolute Gasteiger partial charge is 0.508 e. The van der Waals surface area contributed by atoms with E-state index in [1.54, 1.807) is 18.2 Å². The fraction of sp³-hybridized carbons (Fsp3) is 0.0857. The van der Waals surface area contributed by atoms with Crippen molar-refractivity contribution >= 4 is 21.5 Å². The second kappa shape index (κ2) is 8.97. The summed E-state index contributed by atoms with van der Waals surface area (Å²) < 4.78 is 6.68. The maximum absolute atomic E-state index is 10.6. The first-order valence-corrected chi connectivity index (χ1v) is 12.9. The van der Waals surface area contributed by atoms with Gasteiger partial charge in [0.25, 0.3) is 0 Å². The Balaban J connectivity index is 1.31. The van der Waals surface area contributed by atoms with E-state index in [4.69, 9.17) is 4.74 Å². The van der Waals surface area contributed by atoms with Gasteiger partial charge in [0.2, 0.25) is 0 Å². The molecular weight excluding hydrogens is 468 g/mol. The molecule has 0 saturated carbocycles. The van der Waals surface area contributed by atoms with Gasteiger partial charge in [-0.05, 0) is 62.5 Å². The number of fused-ring (bicyclic) bond motifs is 6. The molecule has 0 unspecified atom stereocenters. The molecule has 6 aromatic carbocycles. The first-order valence-electron chi connectivity index (χ1n) is 12.9. The first kappa shape index (κ1) is 22.4. The summed E-state index contributed by atoms with van der Waals surface area (Å²) in [5.74, 6) is 2.32. The Bertz CT molecular complexity index is 1850. The fourth-order valence-corrected chi connectivity index (χ4v) is 5.76. The van der Waals surface area contributed by atoms with Crippen molar-refractivity contribution in [3.05, 3.63) is 143 Å². The zero-order chi connectivity index (χ0) is 25.6. The summed E-state index contributed by atoms with van der Waals surface area (Å²) >= 11 is 0. The van der Waals surface area contributed by atoms with Crippen LogP contribution in [0.3, 0.4) is 0 Å². The summed E-state index contributed by atoms with van der Waals surface area (Å²) in [5, 5.41) is 25.7. The number of phenolic OH excluding ortho intramolecular Hbond substituents is 2. The summed E-state index contributed by atoms with van der Waals surface area (Å²) in [6, 6.07) is 36.5. The number of ether oxygens (including phenoxy) is 1. The van der Waals surface area contributed by atoms with Crippen LogP contribution in [0, 0.1) is 0 Å². The molecule has 0 spiro atoms. The molecule has 184 valence electrons. The zero-order valence-electron chi connectivity index (χ0n) is 20.8. The van der Waals surface area contributed by atoms with Gasteiger partial charge in [0.1, 0.15) is 23.0 Å². The SMILES string of the molecule is Oc1ccccc1Cc1cc(Cc2cc3ccccc3c3c2Oc2ccc4ccccc4c2C3)ccc1O. The van der Waals surface area contributed by atoms with Gasteiger partial charge in [0, 0.05) is 36.0 Å². The number of para-hydroxylation sites is 1. The van der Waals surface area contributed by atoms with Gasteiger partial charge in [-0.1, -0.05) is 84.9 Å². The molecule has 3 heteroatoms. The molecule has 0 amide bonds. The lowest BCUT2D eigenvalue weighted by Gasteiger charge is -2.26. The van der Waals surface area contributed by atoms with E-state index in [1.807, 2.05) is 24.3 Å². The van der Waals surface area contributed by atoms with Crippen LogP contribution in [0.25, 0.3) is 21.5 Å². The third-order valence-corrected chi connectivity index (χ3v) is 7.66. The van der Waals surface area contributed by atoms with E-state index >= 15 is 0 Å². The third kappa shape index (κ3) is 3.84. The summed E-state index contributed by atoms with van der Waals surface area (Å²) in [6.07, 6.45) is 1.94. The minimum atomic E-state index is 0.231. The van der Waals surface area contributed by atoms with E-state index in [1.165, 1.54) is 32.7 Å². The van der Waals surface area contributed by atoms with Gasteiger partial charge in [0.15, 0.2) is 0 Å². The Labute approximate surface area is 221 Å². The van der Waals surface area contributed by atoms with Gasteiger partial charge >= 0.3 is 0 Å². The molecule has 1 heterocycles. The normalized spacial score (nSPS) is 12.2. The second-order valence-electron chi connectivity index (χ2n) is 10.1. The minimum Gasteiger partial charge on any atom is -0.508 e. The molecule has 0 saturated heterocycles. The third-order valence-electron chi connectivity index (χ3n) is 7.66. The monoisotopic (exact) mass is 494 g/mol. The van der Waals surface area contributed by atoms with Crippen molar-refractivity contribution in [1.29, 1.82) is 0 Å². The van der Waals surface area contributed by atoms with Gasteiger partial charge in [-0.3, -0.25) is 0 Å². The zero-order valence-corrected chi connectivity index (χ0v) is 20.8. The Hall–Kier alpha value is -4.76. The van der Waals surface area contributed by atoms with Crippen LogP contribution in [-0.4, -0.2) is 10.2 Å². The molecule has 6 aromatic rings. The van der Waals surface area contributed by atoms with Crippen molar-refractivity contribution in [3.63, 3.8) is 0 Å². The molecule has 1 aliphatic rings. The maximum Gasteiger partial charge on any atom is 0.135 e. The van der Waals surface area contributed by atoms with Crippen molar-refractivity contribution < 1.29 is 14.9 Å². The van der Waals surface area contributed by atoms with Crippen LogP contribution < -0.4 is 4.74 Å². The molecule has 0 fully saturated rings. The summed E-state index contributed by atoms with van der Waals surface area (Å²) in [4.78, 5) is 0. The predicted octanol–water partition coefficient (Wildman–Crippen LogP) is 8.28. The van der Waals surface area contributed by atoms with Gasteiger partial charge in [-0.2, -0.15) is 0 Å². The highest BCUT2D eigenvalue weighted by Gasteiger charge is 2.24. The molecule has 0 radical (unpaired) electrons. The Morgan fingerprint density at radius 2 is 1.26 bits per heavy atom. The standard InChI is InChI=1S/C35H26O3/c36-32-12-6-3-9-25(32)20-26-17-22(13-15-33(26)37)18-27-19-24-8-2-5-11-29(24)31-21-30-28-10-4-1-7-23(28)14-16-34(30)38-35(27)31/h1-17,19,36-37H,18,20-21H2. The average molecular weight is 495 g/mol.